The number of nitrogens with one attached hydrogen (secondary N) is 1. The molecule has 0 saturated carbocycles. The summed E-state index contributed by atoms with van der Waals surface area (Å²) in [7, 11) is 0. The Kier molecular flexibility index (Phi) is 5.55. The van der Waals surface area contributed by atoms with E-state index in [0.717, 1.165) is 0 Å². The van der Waals surface area contributed by atoms with Crippen molar-refractivity contribution in [3.05, 3.63) is 54.4 Å². The summed E-state index contributed by atoms with van der Waals surface area (Å²) in [5, 5.41) is 6.97. The van der Waals surface area contributed by atoms with E-state index in [2.05, 4.69) is 20.1 Å². The molecule has 0 radical (unpaired) electrons. The molecule has 1 unspecified atom stereocenters. The number of carbonyl (C=O) groups excluding carboxylic acids is 2. The quantitative estimate of drug-likeness (QED) is 0.692. The molecule has 1 N–H and O–H groups in total. The minimum atomic E-state index is -3.03. The van der Waals surface area contributed by atoms with Crippen LogP contribution in [0.3, 0.4) is 0 Å². The van der Waals surface area contributed by atoms with Crippen molar-refractivity contribution in [1.82, 2.24) is 19.5 Å². The van der Waals surface area contributed by atoms with E-state index in [1.165, 1.54) is 27.6 Å². The molecule has 3 heterocycles. The normalized spacial score (nSPS) is 16.6. The van der Waals surface area contributed by atoms with Crippen LogP contribution in [0.4, 0.5) is 14.6 Å². The molecular weight excluding hydrogens is 396 g/mol. The van der Waals surface area contributed by atoms with Crippen LogP contribution in [0.2, 0.25) is 0 Å². The first kappa shape index (κ1) is 19.7. The maximum atomic E-state index is 12.9. The first-order valence-corrected chi connectivity index (χ1v) is 9.45. The highest BCUT2D eigenvalue weighted by Crippen LogP contribution is 2.25. The van der Waals surface area contributed by atoms with Gasteiger partial charge >= 0.3 is 6.61 Å². The van der Waals surface area contributed by atoms with E-state index in [4.69, 9.17) is 0 Å². The SMILES string of the molecule is O=C(Nc1ccnc2ccnn12)C1CCCN(C(=O)c2ccccc2OC(F)F)C1. The predicted octanol–water partition coefficient (Wildman–Crippen LogP) is 2.82. The third-order valence-corrected chi connectivity index (χ3v) is 4.95. The Morgan fingerprint density at radius 3 is 2.83 bits per heavy atom. The minimum Gasteiger partial charge on any atom is -0.434 e. The van der Waals surface area contributed by atoms with Gasteiger partial charge in [-0.05, 0) is 31.0 Å². The lowest BCUT2D eigenvalue weighted by molar-refractivity contribution is -0.121. The lowest BCUT2D eigenvalue weighted by atomic mass is 9.96. The molecule has 1 saturated heterocycles. The van der Waals surface area contributed by atoms with Crippen molar-refractivity contribution < 1.29 is 23.1 Å². The van der Waals surface area contributed by atoms with Gasteiger partial charge < -0.3 is 15.0 Å². The van der Waals surface area contributed by atoms with E-state index >= 15 is 0 Å². The number of nitrogens with zero attached hydrogens (tertiary/aromatic N) is 4. The van der Waals surface area contributed by atoms with Crippen LogP contribution in [0.25, 0.3) is 5.65 Å². The van der Waals surface area contributed by atoms with Gasteiger partial charge in [0.05, 0.1) is 17.7 Å². The number of piperidine rings is 1. The lowest BCUT2D eigenvalue weighted by Crippen LogP contribution is -2.44. The first-order valence-electron chi connectivity index (χ1n) is 9.45. The highest BCUT2D eigenvalue weighted by atomic mass is 19.3. The van der Waals surface area contributed by atoms with Gasteiger partial charge in [0.1, 0.15) is 11.6 Å². The molecule has 4 rings (SSSR count). The number of para-hydroxylation sites is 1. The van der Waals surface area contributed by atoms with Crippen molar-refractivity contribution in [3.8, 4) is 5.75 Å². The number of carbonyl (C=O) groups is 2. The molecule has 3 aromatic rings. The Labute approximate surface area is 170 Å². The molecular formula is C20H19F2N5O3. The van der Waals surface area contributed by atoms with Crippen LogP contribution in [0.15, 0.2) is 48.8 Å². The van der Waals surface area contributed by atoms with E-state index < -0.39 is 18.4 Å². The Hall–Kier alpha value is -3.56. The summed E-state index contributed by atoms with van der Waals surface area (Å²) in [6.07, 6.45) is 4.38. The van der Waals surface area contributed by atoms with Crippen molar-refractivity contribution in [2.24, 2.45) is 5.92 Å². The summed E-state index contributed by atoms with van der Waals surface area (Å²) >= 11 is 0. The number of amides is 2. The zero-order chi connectivity index (χ0) is 21.1. The lowest BCUT2D eigenvalue weighted by Gasteiger charge is -2.32. The van der Waals surface area contributed by atoms with E-state index in [1.54, 1.807) is 30.6 Å². The molecule has 1 fully saturated rings. The maximum Gasteiger partial charge on any atom is 0.387 e. The topological polar surface area (TPSA) is 88.8 Å². The molecule has 0 bridgehead atoms. The second kappa shape index (κ2) is 8.44. The van der Waals surface area contributed by atoms with Crippen molar-refractivity contribution in [2.45, 2.75) is 19.5 Å². The number of hydrogen-bond donors (Lipinski definition) is 1. The number of rotatable bonds is 5. The van der Waals surface area contributed by atoms with Gasteiger partial charge in [0, 0.05) is 25.4 Å². The van der Waals surface area contributed by atoms with Gasteiger partial charge in [-0.2, -0.15) is 18.4 Å². The zero-order valence-electron chi connectivity index (χ0n) is 15.9. The fraction of sp³-hybridized carbons (Fsp3) is 0.300. The summed E-state index contributed by atoms with van der Waals surface area (Å²) < 4.78 is 31.3. The van der Waals surface area contributed by atoms with Crippen molar-refractivity contribution >= 4 is 23.3 Å². The predicted molar refractivity (Wildman–Crippen MR) is 103 cm³/mol. The number of ether oxygens (including phenoxy) is 1. The second-order valence-electron chi connectivity index (χ2n) is 6.89. The van der Waals surface area contributed by atoms with Gasteiger partial charge in [0.2, 0.25) is 5.91 Å². The number of alkyl halides is 2. The van der Waals surface area contributed by atoms with E-state index in [-0.39, 0.29) is 23.8 Å². The molecule has 1 aromatic carbocycles. The summed E-state index contributed by atoms with van der Waals surface area (Å²) in [5.41, 5.74) is 0.648. The molecule has 10 heteroatoms. The summed E-state index contributed by atoms with van der Waals surface area (Å²) in [6.45, 7) is -2.41. The summed E-state index contributed by atoms with van der Waals surface area (Å²) in [5.74, 6) is -0.824. The molecule has 1 aliphatic rings. The van der Waals surface area contributed by atoms with Gasteiger partial charge in [-0.15, -0.1) is 0 Å². The highest BCUT2D eigenvalue weighted by Gasteiger charge is 2.30. The monoisotopic (exact) mass is 415 g/mol. The second-order valence-corrected chi connectivity index (χ2v) is 6.89. The fourth-order valence-electron chi connectivity index (χ4n) is 3.55. The van der Waals surface area contributed by atoms with Gasteiger partial charge in [-0.25, -0.2) is 4.98 Å². The smallest absolute Gasteiger partial charge is 0.387 e. The molecule has 0 spiro atoms. The number of fused-ring (bicyclic) bond motifs is 1. The van der Waals surface area contributed by atoms with Crippen molar-refractivity contribution in [2.75, 3.05) is 18.4 Å². The third kappa shape index (κ3) is 4.07. The molecule has 30 heavy (non-hydrogen) atoms. The standard InChI is InChI=1S/C20H19F2N5O3/c21-20(22)30-15-6-2-1-5-14(15)19(29)26-11-3-4-13(12-26)18(28)25-17-7-9-23-16-8-10-24-27(16)17/h1-2,5-10,13,20H,3-4,11-12H2,(H,25,28). The summed E-state index contributed by atoms with van der Waals surface area (Å²) in [4.78, 5) is 31.4. The van der Waals surface area contributed by atoms with E-state index in [0.29, 0.717) is 30.9 Å². The van der Waals surface area contributed by atoms with Crippen LogP contribution in [0, 0.1) is 5.92 Å². The van der Waals surface area contributed by atoms with Gasteiger partial charge in [-0.3, -0.25) is 9.59 Å². The Morgan fingerprint density at radius 2 is 2.00 bits per heavy atom. The molecule has 0 aliphatic carbocycles. The number of anilines is 1. The number of likely N-dealkylation sites (tertiary alicyclic amines) is 1. The van der Waals surface area contributed by atoms with E-state index in [9.17, 15) is 18.4 Å². The number of benzene rings is 1. The Morgan fingerprint density at radius 1 is 1.17 bits per heavy atom. The molecule has 1 atom stereocenters. The van der Waals surface area contributed by atoms with Crippen LogP contribution in [0.5, 0.6) is 5.75 Å². The Balaban J connectivity index is 1.47. The molecule has 2 amide bonds. The maximum absolute atomic E-state index is 12.9. The largest absolute Gasteiger partial charge is 0.434 e. The average Bonchev–Trinajstić information content (AvgIpc) is 3.23. The van der Waals surface area contributed by atoms with E-state index in [1.807, 2.05) is 0 Å². The van der Waals surface area contributed by atoms with Crippen LogP contribution in [-0.2, 0) is 4.79 Å². The minimum absolute atomic E-state index is 0.0474. The van der Waals surface area contributed by atoms with Crippen LogP contribution < -0.4 is 10.1 Å². The van der Waals surface area contributed by atoms with Gasteiger partial charge in [0.25, 0.3) is 5.91 Å². The van der Waals surface area contributed by atoms with Crippen LogP contribution in [0.1, 0.15) is 23.2 Å². The average molecular weight is 415 g/mol. The molecule has 156 valence electrons. The number of hydrogen-bond acceptors (Lipinski definition) is 5. The van der Waals surface area contributed by atoms with Crippen molar-refractivity contribution in [3.63, 3.8) is 0 Å². The van der Waals surface area contributed by atoms with Crippen LogP contribution in [-0.4, -0.2) is 51.0 Å². The fourth-order valence-corrected chi connectivity index (χ4v) is 3.55. The molecule has 1 aliphatic heterocycles. The van der Waals surface area contributed by atoms with Crippen LogP contribution >= 0.6 is 0 Å². The highest BCUT2D eigenvalue weighted by molar-refractivity contribution is 5.98. The number of halogens is 2. The third-order valence-electron chi connectivity index (χ3n) is 4.95. The number of aromatic nitrogens is 3. The summed E-state index contributed by atoms with van der Waals surface area (Å²) in [6, 6.07) is 9.22. The molecule has 2 aromatic heterocycles. The zero-order valence-corrected chi connectivity index (χ0v) is 15.9. The van der Waals surface area contributed by atoms with Gasteiger partial charge in [-0.1, -0.05) is 12.1 Å². The van der Waals surface area contributed by atoms with Gasteiger partial charge in [0.15, 0.2) is 5.65 Å². The Bertz CT molecular complexity index is 1070. The molecule has 8 nitrogen and oxygen atoms in total. The van der Waals surface area contributed by atoms with Crippen molar-refractivity contribution in [1.29, 1.82) is 0 Å². The first-order chi connectivity index (χ1) is 14.5.